The Hall–Kier alpha value is -1.89. The molecule has 0 spiro atoms. The van der Waals surface area contributed by atoms with E-state index in [4.69, 9.17) is 4.74 Å². The third-order valence-corrected chi connectivity index (χ3v) is 5.35. The normalized spacial score (nSPS) is 21.0. The monoisotopic (exact) mass is 355 g/mol. The van der Waals surface area contributed by atoms with Crippen molar-refractivity contribution in [1.29, 1.82) is 0 Å². The first-order valence-corrected chi connectivity index (χ1v) is 9.58. The van der Waals surface area contributed by atoms with Crippen molar-refractivity contribution in [3.8, 4) is 0 Å². The number of rotatable bonds is 5. The zero-order valence-electron chi connectivity index (χ0n) is 15.8. The summed E-state index contributed by atoms with van der Waals surface area (Å²) in [6, 6.07) is 8.71. The third-order valence-electron chi connectivity index (χ3n) is 5.35. The van der Waals surface area contributed by atoms with E-state index in [2.05, 4.69) is 63.1 Å². The summed E-state index contributed by atoms with van der Waals surface area (Å²) in [4.78, 5) is 4.80. The quantitative estimate of drug-likeness (QED) is 0.887. The topological polar surface area (TPSA) is 45.6 Å². The molecule has 1 aromatic heterocycles. The second-order valence-corrected chi connectivity index (χ2v) is 7.44. The highest BCUT2D eigenvalue weighted by atomic mass is 16.5. The van der Waals surface area contributed by atoms with E-state index >= 15 is 0 Å². The van der Waals surface area contributed by atoms with E-state index in [1.807, 2.05) is 6.20 Å². The molecular weight excluding hydrogens is 326 g/mol. The second-order valence-electron chi connectivity index (χ2n) is 7.44. The Morgan fingerprint density at radius 1 is 1.15 bits per heavy atom. The molecule has 6 heteroatoms. The molecule has 6 nitrogen and oxygen atoms in total. The maximum Gasteiger partial charge on any atom is 0.0722 e. The van der Waals surface area contributed by atoms with E-state index in [0.29, 0.717) is 6.10 Å². The van der Waals surface area contributed by atoms with Gasteiger partial charge in [0.15, 0.2) is 0 Å². The summed E-state index contributed by atoms with van der Waals surface area (Å²) in [6.45, 7) is 9.65. The molecule has 2 aliphatic heterocycles. The number of hydrogen-bond acceptors (Lipinski definition) is 5. The lowest BCUT2D eigenvalue weighted by Crippen LogP contribution is -2.41. The number of benzene rings is 1. The van der Waals surface area contributed by atoms with Crippen molar-refractivity contribution >= 4 is 5.69 Å². The van der Waals surface area contributed by atoms with Crippen LogP contribution in [0.4, 0.5) is 5.69 Å². The number of morpholine rings is 1. The minimum Gasteiger partial charge on any atom is -0.375 e. The number of nitrogens with zero attached hydrogens (tertiary/aromatic N) is 4. The minimum atomic E-state index is 0.292. The lowest BCUT2D eigenvalue weighted by atomic mass is 10.1. The number of para-hydroxylation sites is 1. The molecule has 2 aromatic rings. The van der Waals surface area contributed by atoms with Crippen LogP contribution in [0, 0.1) is 0 Å². The molecule has 4 rings (SSSR count). The van der Waals surface area contributed by atoms with Gasteiger partial charge in [0.05, 0.1) is 31.1 Å². The molecule has 0 saturated carbocycles. The van der Waals surface area contributed by atoms with Crippen molar-refractivity contribution < 1.29 is 4.74 Å². The van der Waals surface area contributed by atoms with Crippen LogP contribution in [0.2, 0.25) is 0 Å². The van der Waals surface area contributed by atoms with E-state index in [-0.39, 0.29) is 0 Å². The highest BCUT2D eigenvalue weighted by Gasteiger charge is 2.20. The lowest BCUT2D eigenvalue weighted by molar-refractivity contribution is 0.0531. The summed E-state index contributed by atoms with van der Waals surface area (Å²) in [5.74, 6) is 0. The summed E-state index contributed by atoms with van der Waals surface area (Å²) in [5.41, 5.74) is 5.34. The van der Waals surface area contributed by atoms with Gasteiger partial charge in [-0.3, -0.25) is 9.58 Å². The molecule has 1 N–H and O–H groups in total. The zero-order chi connectivity index (χ0) is 17.9. The molecule has 1 fully saturated rings. The number of anilines is 1. The molecule has 1 atom stereocenters. The molecule has 1 unspecified atom stereocenters. The van der Waals surface area contributed by atoms with Crippen LogP contribution in [-0.2, 0) is 30.9 Å². The molecule has 1 saturated heterocycles. The van der Waals surface area contributed by atoms with Crippen LogP contribution < -0.4 is 10.2 Å². The fraction of sp³-hybridized carbons (Fsp3) is 0.550. The van der Waals surface area contributed by atoms with Crippen LogP contribution >= 0.6 is 0 Å². The van der Waals surface area contributed by atoms with Gasteiger partial charge in [0.1, 0.15) is 0 Å². The Morgan fingerprint density at radius 2 is 2.00 bits per heavy atom. The molecule has 26 heavy (non-hydrogen) atoms. The van der Waals surface area contributed by atoms with Gasteiger partial charge in [-0.25, -0.2) is 0 Å². The standard InChI is InChI=1S/C20H29N5O/c1-16-14-24(9-10-26-16)19-6-4-3-5-17(19)11-21-12-18-13-22-25-8-7-23(2)15-20(18)25/h3-6,13,16,21H,7-12,14-15H2,1-2H3. The molecule has 0 amide bonds. The average molecular weight is 355 g/mol. The van der Waals surface area contributed by atoms with E-state index < -0.39 is 0 Å². The van der Waals surface area contributed by atoms with Crippen molar-refractivity contribution in [2.75, 3.05) is 38.2 Å². The first-order valence-electron chi connectivity index (χ1n) is 9.58. The van der Waals surface area contributed by atoms with Crippen molar-refractivity contribution in [2.24, 2.45) is 0 Å². The summed E-state index contributed by atoms with van der Waals surface area (Å²) in [7, 11) is 2.17. The van der Waals surface area contributed by atoms with E-state index in [0.717, 1.165) is 52.4 Å². The van der Waals surface area contributed by atoms with Crippen molar-refractivity contribution in [3.63, 3.8) is 0 Å². The van der Waals surface area contributed by atoms with E-state index in [1.54, 1.807) is 0 Å². The highest BCUT2D eigenvalue weighted by Crippen LogP contribution is 2.23. The molecular formula is C20H29N5O. The van der Waals surface area contributed by atoms with Gasteiger partial charge < -0.3 is 15.0 Å². The fourth-order valence-electron chi connectivity index (χ4n) is 3.91. The maximum absolute atomic E-state index is 5.69. The molecule has 0 aliphatic carbocycles. The van der Waals surface area contributed by atoms with Gasteiger partial charge in [-0.05, 0) is 25.6 Å². The minimum absolute atomic E-state index is 0.292. The number of hydrogen-bond donors (Lipinski definition) is 1. The Balaban J connectivity index is 1.41. The van der Waals surface area contributed by atoms with Crippen LogP contribution in [0.25, 0.3) is 0 Å². The smallest absolute Gasteiger partial charge is 0.0722 e. The van der Waals surface area contributed by atoms with Crippen LogP contribution in [0.5, 0.6) is 0 Å². The summed E-state index contributed by atoms with van der Waals surface area (Å²) < 4.78 is 7.84. The molecule has 0 radical (unpaired) electrons. The van der Waals surface area contributed by atoms with E-state index in [1.165, 1.54) is 22.5 Å². The Labute approximate surface area is 155 Å². The average Bonchev–Trinajstić information content (AvgIpc) is 3.04. The molecule has 2 aliphatic rings. The summed E-state index contributed by atoms with van der Waals surface area (Å²) in [6.07, 6.45) is 2.32. The van der Waals surface area contributed by atoms with Gasteiger partial charge in [-0.1, -0.05) is 18.2 Å². The number of aromatic nitrogens is 2. The predicted octanol–water partition coefficient (Wildman–Crippen LogP) is 1.84. The molecule has 1 aromatic carbocycles. The van der Waals surface area contributed by atoms with E-state index in [9.17, 15) is 0 Å². The Bertz CT molecular complexity index is 744. The van der Waals surface area contributed by atoms with Gasteiger partial charge in [0, 0.05) is 50.5 Å². The number of likely N-dealkylation sites (N-methyl/N-ethyl adjacent to an activating group) is 1. The van der Waals surface area contributed by atoms with Crippen LogP contribution in [0.15, 0.2) is 30.5 Å². The first kappa shape index (κ1) is 17.5. The molecule has 0 bridgehead atoms. The van der Waals surface area contributed by atoms with Gasteiger partial charge in [-0.2, -0.15) is 5.10 Å². The van der Waals surface area contributed by atoms with Crippen LogP contribution in [0.1, 0.15) is 23.7 Å². The van der Waals surface area contributed by atoms with Crippen molar-refractivity contribution in [1.82, 2.24) is 20.0 Å². The predicted molar refractivity (Wildman–Crippen MR) is 103 cm³/mol. The molecule has 140 valence electrons. The van der Waals surface area contributed by atoms with Crippen LogP contribution in [0.3, 0.4) is 0 Å². The Kier molecular flexibility index (Phi) is 5.24. The van der Waals surface area contributed by atoms with Gasteiger partial charge in [0.2, 0.25) is 0 Å². The number of nitrogens with one attached hydrogen (secondary N) is 1. The Morgan fingerprint density at radius 3 is 2.88 bits per heavy atom. The summed E-state index contributed by atoms with van der Waals surface area (Å²) in [5, 5.41) is 8.17. The lowest BCUT2D eigenvalue weighted by Gasteiger charge is -2.34. The van der Waals surface area contributed by atoms with Gasteiger partial charge >= 0.3 is 0 Å². The highest BCUT2D eigenvalue weighted by molar-refractivity contribution is 5.54. The fourth-order valence-corrected chi connectivity index (χ4v) is 3.91. The first-order chi connectivity index (χ1) is 12.7. The number of fused-ring (bicyclic) bond motifs is 1. The molecule has 3 heterocycles. The largest absolute Gasteiger partial charge is 0.375 e. The second kappa shape index (κ2) is 7.78. The number of ether oxygens (including phenoxy) is 1. The zero-order valence-corrected chi connectivity index (χ0v) is 15.8. The van der Waals surface area contributed by atoms with Gasteiger partial charge in [-0.15, -0.1) is 0 Å². The van der Waals surface area contributed by atoms with Gasteiger partial charge in [0.25, 0.3) is 0 Å². The van der Waals surface area contributed by atoms with Crippen LogP contribution in [-0.4, -0.2) is 54.1 Å². The SMILES string of the molecule is CC1CN(c2ccccc2CNCc2cnn3c2CN(C)CC3)CCO1. The van der Waals surface area contributed by atoms with Crippen molar-refractivity contribution in [2.45, 2.75) is 39.2 Å². The summed E-state index contributed by atoms with van der Waals surface area (Å²) >= 11 is 0. The third kappa shape index (κ3) is 3.77. The maximum atomic E-state index is 5.69. The van der Waals surface area contributed by atoms with Crippen molar-refractivity contribution in [3.05, 3.63) is 47.3 Å².